The smallest absolute Gasteiger partial charge is 0.222 e. The van der Waals surface area contributed by atoms with E-state index in [-0.39, 0.29) is 5.91 Å². The molecule has 2 aromatic carbocycles. The van der Waals surface area contributed by atoms with Crippen molar-refractivity contribution in [2.24, 2.45) is 0 Å². The molecule has 0 radical (unpaired) electrons. The molecule has 2 aromatic rings. The standard InChI is InChI=1S/C22H25BrCl2N2O3/c1-29-20-12-16(13-26-7-3-9-27-8-2-4-21(27)28)10-17(23)22(20)30-14-15-5-6-18(24)19(25)11-15/h5-6,10-12,26H,2-4,7-9,13-14H2,1H3. The molecular weight excluding hydrogens is 491 g/mol. The first-order valence-corrected chi connectivity index (χ1v) is 11.4. The number of ether oxygens (including phenoxy) is 2. The van der Waals surface area contributed by atoms with E-state index in [1.807, 2.05) is 23.1 Å². The molecule has 0 atom stereocenters. The number of methoxy groups -OCH3 is 1. The summed E-state index contributed by atoms with van der Waals surface area (Å²) >= 11 is 15.6. The third-order valence-corrected chi connectivity index (χ3v) is 6.27. The normalized spacial score (nSPS) is 13.7. The molecule has 162 valence electrons. The lowest BCUT2D eigenvalue weighted by Gasteiger charge is -2.16. The van der Waals surface area contributed by atoms with Crippen LogP contribution in [-0.2, 0) is 17.9 Å². The van der Waals surface area contributed by atoms with Crippen LogP contribution >= 0.6 is 39.1 Å². The fourth-order valence-corrected chi connectivity index (χ4v) is 4.29. The molecule has 1 fully saturated rings. The number of halogens is 3. The van der Waals surface area contributed by atoms with Crippen LogP contribution in [0.3, 0.4) is 0 Å². The fraction of sp³-hybridized carbons (Fsp3) is 0.409. The van der Waals surface area contributed by atoms with Crippen molar-refractivity contribution >= 4 is 45.0 Å². The highest BCUT2D eigenvalue weighted by atomic mass is 79.9. The van der Waals surface area contributed by atoms with Crippen molar-refractivity contribution in [2.45, 2.75) is 32.4 Å². The predicted octanol–water partition coefficient (Wildman–Crippen LogP) is 5.45. The van der Waals surface area contributed by atoms with Crippen molar-refractivity contribution in [3.05, 3.63) is 56.0 Å². The quantitative estimate of drug-likeness (QED) is 0.428. The van der Waals surface area contributed by atoms with Crippen LogP contribution in [0.2, 0.25) is 10.0 Å². The van der Waals surface area contributed by atoms with Gasteiger partial charge in [0.2, 0.25) is 5.91 Å². The molecule has 0 spiro atoms. The molecular formula is C22H25BrCl2N2O3. The van der Waals surface area contributed by atoms with Crippen LogP contribution in [0, 0.1) is 0 Å². The van der Waals surface area contributed by atoms with Crippen LogP contribution < -0.4 is 14.8 Å². The molecule has 8 heteroatoms. The van der Waals surface area contributed by atoms with E-state index in [1.54, 1.807) is 19.2 Å². The average Bonchev–Trinajstić information content (AvgIpc) is 3.13. The number of nitrogens with zero attached hydrogens (tertiary/aromatic N) is 1. The van der Waals surface area contributed by atoms with Crippen molar-refractivity contribution in [1.82, 2.24) is 10.2 Å². The summed E-state index contributed by atoms with van der Waals surface area (Å²) in [7, 11) is 1.62. The lowest BCUT2D eigenvalue weighted by atomic mass is 10.2. The second kappa shape index (κ2) is 11.2. The Kier molecular flexibility index (Phi) is 8.69. The zero-order chi connectivity index (χ0) is 21.5. The number of hydrogen-bond donors (Lipinski definition) is 1. The molecule has 1 aliphatic heterocycles. The molecule has 0 unspecified atom stereocenters. The zero-order valence-corrected chi connectivity index (χ0v) is 19.9. The third-order valence-electron chi connectivity index (χ3n) is 4.94. The van der Waals surface area contributed by atoms with E-state index in [1.165, 1.54) is 0 Å². The summed E-state index contributed by atoms with van der Waals surface area (Å²) < 4.78 is 12.3. The molecule has 0 saturated carbocycles. The highest BCUT2D eigenvalue weighted by Gasteiger charge is 2.19. The topological polar surface area (TPSA) is 50.8 Å². The van der Waals surface area contributed by atoms with Crippen molar-refractivity contribution < 1.29 is 14.3 Å². The number of carbonyl (C=O) groups excluding carboxylic acids is 1. The van der Waals surface area contributed by atoms with Crippen molar-refractivity contribution in [2.75, 3.05) is 26.7 Å². The average molecular weight is 516 g/mol. The van der Waals surface area contributed by atoms with Crippen LogP contribution in [-0.4, -0.2) is 37.6 Å². The Hall–Kier alpha value is -1.47. The van der Waals surface area contributed by atoms with E-state index >= 15 is 0 Å². The van der Waals surface area contributed by atoms with Crippen LogP contribution in [0.1, 0.15) is 30.4 Å². The van der Waals surface area contributed by atoms with Gasteiger partial charge in [0.1, 0.15) is 6.61 Å². The lowest BCUT2D eigenvalue weighted by molar-refractivity contribution is -0.127. The number of rotatable bonds is 10. The molecule has 3 rings (SSSR count). The number of likely N-dealkylation sites (tertiary alicyclic amines) is 1. The summed E-state index contributed by atoms with van der Waals surface area (Å²) in [5.41, 5.74) is 2.00. The molecule has 1 N–H and O–H groups in total. The van der Waals surface area contributed by atoms with E-state index < -0.39 is 0 Å². The summed E-state index contributed by atoms with van der Waals surface area (Å²) in [5.74, 6) is 1.57. The number of amides is 1. The zero-order valence-electron chi connectivity index (χ0n) is 16.8. The minimum absolute atomic E-state index is 0.278. The first-order valence-electron chi connectivity index (χ1n) is 9.89. The molecule has 1 amide bonds. The van der Waals surface area contributed by atoms with Gasteiger partial charge in [0.15, 0.2) is 11.5 Å². The van der Waals surface area contributed by atoms with Crippen LogP contribution in [0.5, 0.6) is 11.5 Å². The summed E-state index contributed by atoms with van der Waals surface area (Å²) in [6, 6.07) is 9.40. The molecule has 1 aliphatic rings. The highest BCUT2D eigenvalue weighted by Crippen LogP contribution is 2.37. The minimum atomic E-state index is 0.278. The predicted molar refractivity (Wildman–Crippen MR) is 124 cm³/mol. The first kappa shape index (κ1) is 23.2. The van der Waals surface area contributed by atoms with E-state index in [2.05, 4.69) is 21.2 Å². The first-order chi connectivity index (χ1) is 14.5. The van der Waals surface area contributed by atoms with Crippen molar-refractivity contribution in [1.29, 1.82) is 0 Å². The molecule has 0 bridgehead atoms. The highest BCUT2D eigenvalue weighted by molar-refractivity contribution is 9.10. The van der Waals surface area contributed by atoms with E-state index in [9.17, 15) is 4.79 Å². The van der Waals surface area contributed by atoms with E-state index in [0.29, 0.717) is 41.1 Å². The molecule has 1 heterocycles. The second-order valence-electron chi connectivity index (χ2n) is 7.16. The van der Waals surface area contributed by atoms with Crippen LogP contribution in [0.15, 0.2) is 34.8 Å². The summed E-state index contributed by atoms with van der Waals surface area (Å²) in [5, 5.41) is 4.44. The van der Waals surface area contributed by atoms with Gasteiger partial charge in [0, 0.05) is 26.1 Å². The Labute approximate surface area is 195 Å². The molecule has 0 aromatic heterocycles. The number of hydrogen-bond acceptors (Lipinski definition) is 4. The van der Waals surface area contributed by atoms with E-state index in [0.717, 1.165) is 48.1 Å². The number of benzene rings is 2. The Balaban J connectivity index is 1.52. The maximum atomic E-state index is 11.6. The molecule has 30 heavy (non-hydrogen) atoms. The SMILES string of the molecule is COc1cc(CNCCCN2CCCC2=O)cc(Br)c1OCc1ccc(Cl)c(Cl)c1. The molecule has 1 saturated heterocycles. The minimum Gasteiger partial charge on any atom is -0.493 e. The number of nitrogens with one attached hydrogen (secondary N) is 1. The number of carbonyl (C=O) groups is 1. The largest absolute Gasteiger partial charge is 0.493 e. The van der Waals surface area contributed by atoms with Gasteiger partial charge in [-0.2, -0.15) is 0 Å². The van der Waals surface area contributed by atoms with Gasteiger partial charge in [-0.3, -0.25) is 4.79 Å². The summed E-state index contributed by atoms with van der Waals surface area (Å²) in [4.78, 5) is 13.6. The Morgan fingerprint density at radius 1 is 1.17 bits per heavy atom. The Morgan fingerprint density at radius 2 is 2.00 bits per heavy atom. The lowest BCUT2D eigenvalue weighted by Crippen LogP contribution is -2.28. The van der Waals surface area contributed by atoms with Gasteiger partial charge < -0.3 is 19.7 Å². The monoisotopic (exact) mass is 514 g/mol. The van der Waals surface area contributed by atoms with Crippen LogP contribution in [0.4, 0.5) is 0 Å². The van der Waals surface area contributed by atoms with Gasteiger partial charge in [-0.15, -0.1) is 0 Å². The van der Waals surface area contributed by atoms with Gasteiger partial charge in [-0.05, 0) is 70.7 Å². The van der Waals surface area contributed by atoms with Crippen molar-refractivity contribution in [3.8, 4) is 11.5 Å². The summed E-state index contributed by atoms with van der Waals surface area (Å²) in [6.45, 7) is 3.61. The Morgan fingerprint density at radius 3 is 2.70 bits per heavy atom. The van der Waals surface area contributed by atoms with Gasteiger partial charge in [-0.25, -0.2) is 0 Å². The Bertz CT molecular complexity index is 895. The molecule has 5 nitrogen and oxygen atoms in total. The van der Waals surface area contributed by atoms with E-state index in [4.69, 9.17) is 32.7 Å². The third kappa shape index (κ3) is 6.27. The van der Waals surface area contributed by atoms with Gasteiger partial charge >= 0.3 is 0 Å². The van der Waals surface area contributed by atoms with Gasteiger partial charge in [-0.1, -0.05) is 29.3 Å². The van der Waals surface area contributed by atoms with Gasteiger partial charge in [0.05, 0.1) is 21.6 Å². The van der Waals surface area contributed by atoms with Crippen molar-refractivity contribution in [3.63, 3.8) is 0 Å². The molecule has 0 aliphatic carbocycles. The maximum absolute atomic E-state index is 11.6. The second-order valence-corrected chi connectivity index (χ2v) is 8.83. The van der Waals surface area contributed by atoms with Gasteiger partial charge in [0.25, 0.3) is 0 Å². The fourth-order valence-electron chi connectivity index (χ4n) is 3.37. The maximum Gasteiger partial charge on any atom is 0.222 e. The summed E-state index contributed by atoms with van der Waals surface area (Å²) in [6.07, 6.45) is 2.62. The van der Waals surface area contributed by atoms with Crippen LogP contribution in [0.25, 0.3) is 0 Å².